The second-order valence-corrected chi connectivity index (χ2v) is 6.90. The Hall–Kier alpha value is -3.22. The van der Waals surface area contributed by atoms with Crippen LogP contribution in [0, 0.1) is 20.8 Å². The third-order valence-electron chi connectivity index (χ3n) is 4.62. The molecular weight excluding hydrogens is 386 g/mol. The summed E-state index contributed by atoms with van der Waals surface area (Å²) in [6, 6.07) is 8.78. The van der Waals surface area contributed by atoms with E-state index in [9.17, 15) is 9.59 Å². The van der Waals surface area contributed by atoms with Crippen molar-refractivity contribution in [2.75, 3.05) is 34.0 Å². The summed E-state index contributed by atoms with van der Waals surface area (Å²) in [6.45, 7) is 6.66. The van der Waals surface area contributed by atoms with Crippen molar-refractivity contribution < 1.29 is 28.5 Å². The van der Waals surface area contributed by atoms with Crippen LogP contribution in [0.3, 0.4) is 0 Å². The van der Waals surface area contributed by atoms with E-state index in [1.807, 2.05) is 19.9 Å². The number of esters is 1. The van der Waals surface area contributed by atoms with Gasteiger partial charge in [0.1, 0.15) is 5.75 Å². The highest BCUT2D eigenvalue weighted by atomic mass is 16.5. The molecule has 2 aromatic carbocycles. The van der Waals surface area contributed by atoms with Gasteiger partial charge >= 0.3 is 5.97 Å². The fourth-order valence-corrected chi connectivity index (χ4v) is 2.86. The van der Waals surface area contributed by atoms with E-state index in [1.54, 1.807) is 12.1 Å². The SMILES string of the molecule is COc1ccc(C(=O)OCC(=O)NCCCOc2cc(C)cc(C)c2C)cc1OC. The molecule has 0 radical (unpaired) electrons. The molecule has 0 atom stereocenters. The zero-order chi connectivity index (χ0) is 22.1. The first-order chi connectivity index (χ1) is 14.3. The molecule has 0 saturated carbocycles. The Morgan fingerprint density at radius 2 is 1.67 bits per heavy atom. The van der Waals surface area contributed by atoms with Crippen LogP contribution in [0.5, 0.6) is 17.2 Å². The van der Waals surface area contributed by atoms with Crippen molar-refractivity contribution in [1.29, 1.82) is 0 Å². The van der Waals surface area contributed by atoms with Crippen LogP contribution in [0.2, 0.25) is 0 Å². The highest BCUT2D eigenvalue weighted by molar-refractivity contribution is 5.92. The summed E-state index contributed by atoms with van der Waals surface area (Å²) >= 11 is 0. The first kappa shape index (κ1) is 23.1. The lowest BCUT2D eigenvalue weighted by Gasteiger charge is -2.12. The van der Waals surface area contributed by atoms with Crippen LogP contribution in [0.1, 0.15) is 33.5 Å². The van der Waals surface area contributed by atoms with Crippen molar-refractivity contribution in [1.82, 2.24) is 5.32 Å². The minimum absolute atomic E-state index is 0.276. The lowest BCUT2D eigenvalue weighted by Crippen LogP contribution is -2.30. The van der Waals surface area contributed by atoms with Gasteiger partial charge in [-0.3, -0.25) is 4.79 Å². The Balaban J connectivity index is 1.71. The van der Waals surface area contributed by atoms with Crippen molar-refractivity contribution in [2.45, 2.75) is 27.2 Å². The normalized spacial score (nSPS) is 10.3. The van der Waals surface area contributed by atoms with E-state index >= 15 is 0 Å². The van der Waals surface area contributed by atoms with E-state index in [1.165, 1.54) is 25.8 Å². The predicted octanol–water partition coefficient (Wildman–Crippen LogP) is 3.37. The molecule has 0 fully saturated rings. The third-order valence-corrected chi connectivity index (χ3v) is 4.62. The van der Waals surface area contributed by atoms with Gasteiger partial charge in [-0.2, -0.15) is 0 Å². The predicted molar refractivity (Wildman–Crippen MR) is 114 cm³/mol. The summed E-state index contributed by atoms with van der Waals surface area (Å²) in [4.78, 5) is 24.0. The quantitative estimate of drug-likeness (QED) is 0.473. The highest BCUT2D eigenvalue weighted by Gasteiger charge is 2.13. The van der Waals surface area contributed by atoms with E-state index in [2.05, 4.69) is 18.3 Å². The molecule has 0 bridgehead atoms. The second-order valence-electron chi connectivity index (χ2n) is 6.90. The van der Waals surface area contributed by atoms with Crippen LogP contribution < -0.4 is 19.5 Å². The summed E-state index contributed by atoms with van der Waals surface area (Å²) < 4.78 is 21.2. The lowest BCUT2D eigenvalue weighted by atomic mass is 10.1. The van der Waals surface area contributed by atoms with Gasteiger partial charge in [0.2, 0.25) is 0 Å². The minimum Gasteiger partial charge on any atom is -0.493 e. The number of carbonyl (C=O) groups excluding carboxylic acids is 2. The first-order valence-electron chi connectivity index (χ1n) is 9.72. The maximum atomic E-state index is 12.1. The van der Waals surface area contributed by atoms with Gasteiger partial charge in [-0.15, -0.1) is 0 Å². The van der Waals surface area contributed by atoms with Crippen LogP contribution in [0.4, 0.5) is 0 Å². The van der Waals surface area contributed by atoms with E-state index in [0.717, 1.165) is 16.9 Å². The van der Waals surface area contributed by atoms with E-state index in [-0.39, 0.29) is 18.1 Å². The van der Waals surface area contributed by atoms with Crippen molar-refractivity contribution in [3.8, 4) is 17.2 Å². The van der Waals surface area contributed by atoms with E-state index < -0.39 is 5.97 Å². The number of nitrogens with one attached hydrogen (secondary N) is 1. The second kappa shape index (κ2) is 11.1. The summed E-state index contributed by atoms with van der Waals surface area (Å²) in [6.07, 6.45) is 0.641. The molecule has 0 heterocycles. The number of rotatable bonds is 10. The van der Waals surface area contributed by atoms with Crippen LogP contribution >= 0.6 is 0 Å². The van der Waals surface area contributed by atoms with Crippen LogP contribution in [-0.2, 0) is 9.53 Å². The monoisotopic (exact) mass is 415 g/mol. The number of benzene rings is 2. The average molecular weight is 415 g/mol. The zero-order valence-electron chi connectivity index (χ0n) is 18.2. The maximum Gasteiger partial charge on any atom is 0.338 e. The molecule has 162 valence electrons. The summed E-state index contributed by atoms with van der Waals surface area (Å²) in [5.74, 6) is 0.800. The minimum atomic E-state index is -0.611. The summed E-state index contributed by atoms with van der Waals surface area (Å²) in [5, 5.41) is 2.71. The van der Waals surface area contributed by atoms with Crippen molar-refractivity contribution in [3.05, 3.63) is 52.6 Å². The highest BCUT2D eigenvalue weighted by Crippen LogP contribution is 2.27. The molecule has 7 nitrogen and oxygen atoms in total. The Morgan fingerprint density at radius 1 is 0.933 bits per heavy atom. The number of methoxy groups -OCH3 is 2. The fraction of sp³-hybridized carbons (Fsp3) is 0.391. The molecule has 1 N–H and O–H groups in total. The molecule has 7 heteroatoms. The molecule has 2 aromatic rings. The molecule has 0 spiro atoms. The number of carbonyl (C=O) groups is 2. The van der Waals surface area contributed by atoms with Gasteiger partial charge in [0, 0.05) is 6.54 Å². The Bertz CT molecular complexity index is 894. The van der Waals surface area contributed by atoms with Gasteiger partial charge in [-0.25, -0.2) is 4.79 Å². The molecular formula is C23H29NO6. The lowest BCUT2D eigenvalue weighted by molar-refractivity contribution is -0.124. The zero-order valence-corrected chi connectivity index (χ0v) is 18.2. The van der Waals surface area contributed by atoms with Crippen LogP contribution in [0.15, 0.2) is 30.3 Å². The van der Waals surface area contributed by atoms with Gasteiger partial charge in [0.05, 0.1) is 26.4 Å². The fourth-order valence-electron chi connectivity index (χ4n) is 2.86. The van der Waals surface area contributed by atoms with Crippen molar-refractivity contribution in [3.63, 3.8) is 0 Å². The summed E-state index contributed by atoms with van der Waals surface area (Å²) in [5.41, 5.74) is 3.73. The summed E-state index contributed by atoms with van der Waals surface area (Å²) in [7, 11) is 2.99. The molecule has 0 aliphatic carbocycles. The Kier molecular flexibility index (Phi) is 8.53. The average Bonchev–Trinajstić information content (AvgIpc) is 2.74. The molecule has 0 aliphatic rings. The topological polar surface area (TPSA) is 83.1 Å². The van der Waals surface area contributed by atoms with Gasteiger partial charge in [-0.05, 0) is 68.1 Å². The van der Waals surface area contributed by atoms with Crippen molar-refractivity contribution >= 4 is 11.9 Å². The molecule has 1 amide bonds. The Labute approximate surface area is 177 Å². The van der Waals surface area contributed by atoms with Gasteiger partial charge in [0.15, 0.2) is 18.1 Å². The van der Waals surface area contributed by atoms with Gasteiger partial charge in [0.25, 0.3) is 5.91 Å². The molecule has 2 rings (SSSR count). The molecule has 0 unspecified atom stereocenters. The smallest absolute Gasteiger partial charge is 0.338 e. The number of ether oxygens (including phenoxy) is 4. The molecule has 0 aliphatic heterocycles. The van der Waals surface area contributed by atoms with E-state index in [4.69, 9.17) is 18.9 Å². The molecule has 0 aromatic heterocycles. The van der Waals surface area contributed by atoms with Crippen LogP contribution in [-0.4, -0.2) is 45.9 Å². The first-order valence-corrected chi connectivity index (χ1v) is 9.72. The van der Waals surface area contributed by atoms with Gasteiger partial charge in [-0.1, -0.05) is 6.07 Å². The van der Waals surface area contributed by atoms with Crippen LogP contribution in [0.25, 0.3) is 0 Å². The molecule has 0 saturated heterocycles. The number of aryl methyl sites for hydroxylation is 2. The molecule has 30 heavy (non-hydrogen) atoms. The third kappa shape index (κ3) is 6.40. The van der Waals surface area contributed by atoms with E-state index in [0.29, 0.717) is 31.1 Å². The standard InChI is InChI=1S/C23H29NO6/c1-15-11-16(2)17(3)20(12-15)29-10-6-9-24-22(25)14-30-23(26)18-7-8-19(27-4)21(13-18)28-5/h7-8,11-13H,6,9-10,14H2,1-5H3,(H,24,25). The van der Waals surface area contributed by atoms with Gasteiger partial charge < -0.3 is 24.3 Å². The largest absolute Gasteiger partial charge is 0.493 e. The van der Waals surface area contributed by atoms with Crippen molar-refractivity contribution in [2.24, 2.45) is 0 Å². The number of amides is 1. The maximum absolute atomic E-state index is 12.1. The Morgan fingerprint density at radius 3 is 2.37 bits per heavy atom. The number of hydrogen-bond acceptors (Lipinski definition) is 6. The number of hydrogen-bond donors (Lipinski definition) is 1.